The number of nitrogens with zero attached hydrogens (tertiary/aromatic N) is 3. The summed E-state index contributed by atoms with van der Waals surface area (Å²) in [5.74, 6) is 0.574. The van der Waals surface area contributed by atoms with Gasteiger partial charge in [-0.1, -0.05) is 77.7 Å². The van der Waals surface area contributed by atoms with Crippen molar-refractivity contribution in [1.82, 2.24) is 20.5 Å². The molecule has 0 spiro atoms. The summed E-state index contributed by atoms with van der Waals surface area (Å²) < 4.78 is 6.91. The SMILES string of the molecule is Cc1nnc(SCc2c(C(=O)NC(c3ccccc3)c3ccccn3)oc3ccccc23)s1. The van der Waals surface area contributed by atoms with Gasteiger partial charge in [-0.05, 0) is 30.7 Å². The molecule has 1 N–H and O–H groups in total. The van der Waals surface area contributed by atoms with Crippen molar-refractivity contribution in [2.75, 3.05) is 0 Å². The summed E-state index contributed by atoms with van der Waals surface area (Å²) in [4.78, 5) is 18.0. The second-order valence-corrected chi connectivity index (χ2v) is 9.76. The molecule has 1 atom stereocenters. The maximum Gasteiger partial charge on any atom is 0.288 e. The van der Waals surface area contributed by atoms with Crippen LogP contribution >= 0.6 is 23.1 Å². The first-order valence-corrected chi connectivity index (χ1v) is 12.2. The van der Waals surface area contributed by atoms with E-state index in [1.54, 1.807) is 18.0 Å². The van der Waals surface area contributed by atoms with Gasteiger partial charge < -0.3 is 9.73 Å². The quantitative estimate of drug-likeness (QED) is 0.302. The van der Waals surface area contributed by atoms with Crippen molar-refractivity contribution in [3.63, 3.8) is 0 Å². The standard InChI is InChI=1S/C25H20N4O2S2/c1-16-28-29-25(33-16)32-15-19-18-11-5-6-13-21(18)31-23(19)24(30)27-22(17-9-3-2-4-10-17)20-12-7-8-14-26-20/h2-14,22H,15H2,1H3,(H,27,30). The maximum atomic E-state index is 13.5. The van der Waals surface area contributed by atoms with Gasteiger partial charge in [0, 0.05) is 22.9 Å². The van der Waals surface area contributed by atoms with E-state index in [1.165, 1.54) is 11.3 Å². The van der Waals surface area contributed by atoms with Gasteiger partial charge in [0.2, 0.25) is 0 Å². The molecule has 2 aromatic carbocycles. The largest absolute Gasteiger partial charge is 0.451 e. The molecule has 5 aromatic rings. The summed E-state index contributed by atoms with van der Waals surface area (Å²) >= 11 is 3.09. The van der Waals surface area contributed by atoms with Gasteiger partial charge >= 0.3 is 0 Å². The third-order valence-electron chi connectivity index (χ3n) is 5.14. The molecule has 3 aromatic heterocycles. The van der Waals surface area contributed by atoms with Crippen molar-refractivity contribution in [1.29, 1.82) is 0 Å². The summed E-state index contributed by atoms with van der Waals surface area (Å²) in [5, 5.41) is 13.2. The van der Waals surface area contributed by atoms with Crippen LogP contribution in [-0.2, 0) is 5.75 Å². The van der Waals surface area contributed by atoms with Crippen LogP contribution in [0, 0.1) is 6.92 Å². The lowest BCUT2D eigenvalue weighted by molar-refractivity contribution is 0.0915. The molecule has 0 aliphatic rings. The number of para-hydroxylation sites is 1. The minimum atomic E-state index is -0.403. The number of rotatable bonds is 7. The minimum Gasteiger partial charge on any atom is -0.451 e. The number of hydrogen-bond acceptors (Lipinski definition) is 7. The van der Waals surface area contributed by atoms with Gasteiger partial charge in [0.1, 0.15) is 10.6 Å². The third-order valence-corrected chi connectivity index (χ3v) is 7.14. The number of pyridine rings is 1. The van der Waals surface area contributed by atoms with Crippen molar-refractivity contribution in [2.24, 2.45) is 0 Å². The van der Waals surface area contributed by atoms with Gasteiger partial charge in [-0.2, -0.15) is 0 Å². The predicted octanol–water partition coefficient (Wildman–Crippen LogP) is 5.80. The van der Waals surface area contributed by atoms with Crippen LogP contribution < -0.4 is 5.32 Å². The first kappa shape index (κ1) is 21.4. The van der Waals surface area contributed by atoms with E-state index >= 15 is 0 Å². The second-order valence-electron chi connectivity index (χ2n) is 7.35. The highest BCUT2D eigenvalue weighted by atomic mass is 32.2. The topological polar surface area (TPSA) is 80.9 Å². The monoisotopic (exact) mass is 472 g/mol. The Bertz CT molecular complexity index is 1340. The van der Waals surface area contributed by atoms with E-state index in [-0.39, 0.29) is 5.91 Å². The number of benzene rings is 2. The summed E-state index contributed by atoms with van der Waals surface area (Å²) in [5.41, 5.74) is 3.23. The fourth-order valence-electron chi connectivity index (χ4n) is 3.61. The van der Waals surface area contributed by atoms with Crippen LogP contribution in [0.4, 0.5) is 0 Å². The number of aromatic nitrogens is 3. The molecule has 33 heavy (non-hydrogen) atoms. The molecule has 6 nitrogen and oxygen atoms in total. The summed E-state index contributed by atoms with van der Waals surface area (Å²) in [6.45, 7) is 1.93. The molecule has 1 unspecified atom stereocenters. The van der Waals surface area contributed by atoms with Crippen molar-refractivity contribution in [3.05, 3.63) is 107 Å². The minimum absolute atomic E-state index is 0.283. The lowest BCUT2D eigenvalue weighted by Crippen LogP contribution is -2.30. The zero-order valence-corrected chi connectivity index (χ0v) is 19.4. The first-order chi connectivity index (χ1) is 16.2. The molecule has 1 amide bonds. The van der Waals surface area contributed by atoms with Crippen LogP contribution in [0.15, 0.2) is 87.8 Å². The van der Waals surface area contributed by atoms with Crippen molar-refractivity contribution < 1.29 is 9.21 Å². The van der Waals surface area contributed by atoms with E-state index < -0.39 is 6.04 Å². The molecule has 3 heterocycles. The van der Waals surface area contributed by atoms with Crippen molar-refractivity contribution >= 4 is 40.0 Å². The molecular weight excluding hydrogens is 452 g/mol. The summed E-state index contributed by atoms with van der Waals surface area (Å²) in [6, 6.07) is 22.8. The molecule has 164 valence electrons. The fraction of sp³-hybridized carbons (Fsp3) is 0.120. The first-order valence-electron chi connectivity index (χ1n) is 10.4. The molecule has 0 bridgehead atoms. The normalized spacial score (nSPS) is 12.0. The molecule has 0 radical (unpaired) electrons. The highest BCUT2D eigenvalue weighted by Crippen LogP contribution is 2.33. The van der Waals surface area contributed by atoms with Crippen LogP contribution in [-0.4, -0.2) is 21.1 Å². The molecule has 0 aliphatic carbocycles. The number of hydrogen-bond donors (Lipinski definition) is 1. The van der Waals surface area contributed by atoms with E-state index in [4.69, 9.17) is 4.42 Å². The summed E-state index contributed by atoms with van der Waals surface area (Å²) in [6.07, 6.45) is 1.73. The molecule has 0 saturated carbocycles. The zero-order valence-electron chi connectivity index (χ0n) is 17.8. The summed E-state index contributed by atoms with van der Waals surface area (Å²) in [7, 11) is 0. The van der Waals surface area contributed by atoms with Crippen LogP contribution in [0.3, 0.4) is 0 Å². The number of nitrogens with one attached hydrogen (secondary N) is 1. The number of carbonyl (C=O) groups is 1. The second kappa shape index (κ2) is 9.56. The number of thioether (sulfide) groups is 1. The fourth-order valence-corrected chi connectivity index (χ4v) is 5.46. The van der Waals surface area contributed by atoms with E-state index in [2.05, 4.69) is 20.5 Å². The smallest absolute Gasteiger partial charge is 0.288 e. The van der Waals surface area contributed by atoms with Crippen molar-refractivity contribution in [2.45, 2.75) is 23.1 Å². The van der Waals surface area contributed by atoms with E-state index in [0.717, 1.165) is 31.6 Å². The Balaban J connectivity index is 1.49. The average Bonchev–Trinajstić information content (AvgIpc) is 3.45. The highest BCUT2D eigenvalue weighted by Gasteiger charge is 2.25. The Morgan fingerprint density at radius 3 is 2.58 bits per heavy atom. The van der Waals surface area contributed by atoms with Gasteiger partial charge in [-0.15, -0.1) is 10.2 Å². The Morgan fingerprint density at radius 1 is 1.03 bits per heavy atom. The number of furan rings is 1. The highest BCUT2D eigenvalue weighted by molar-refractivity contribution is 8.00. The van der Waals surface area contributed by atoms with Gasteiger partial charge in [-0.3, -0.25) is 9.78 Å². The number of amides is 1. The van der Waals surface area contributed by atoms with Crippen LogP contribution in [0.2, 0.25) is 0 Å². The Hall–Kier alpha value is -3.49. The maximum absolute atomic E-state index is 13.5. The number of aryl methyl sites for hydroxylation is 1. The molecular formula is C25H20N4O2S2. The van der Waals surface area contributed by atoms with E-state index in [1.807, 2.05) is 79.7 Å². The lowest BCUT2D eigenvalue weighted by atomic mass is 10.0. The average molecular weight is 473 g/mol. The van der Waals surface area contributed by atoms with Crippen LogP contribution in [0.25, 0.3) is 11.0 Å². The van der Waals surface area contributed by atoms with E-state index in [9.17, 15) is 4.79 Å². The number of fused-ring (bicyclic) bond motifs is 1. The van der Waals surface area contributed by atoms with Gasteiger partial charge in [0.25, 0.3) is 5.91 Å². The Kier molecular flexibility index (Phi) is 6.19. The molecule has 0 aliphatic heterocycles. The molecule has 5 rings (SSSR count). The van der Waals surface area contributed by atoms with Gasteiger partial charge in [0.05, 0.1) is 11.7 Å². The van der Waals surface area contributed by atoms with Crippen LogP contribution in [0.5, 0.6) is 0 Å². The molecule has 0 saturated heterocycles. The number of carbonyl (C=O) groups excluding carboxylic acids is 1. The zero-order chi connectivity index (χ0) is 22.6. The van der Waals surface area contributed by atoms with Gasteiger partial charge in [0.15, 0.2) is 10.1 Å². The van der Waals surface area contributed by atoms with Gasteiger partial charge in [-0.25, -0.2) is 0 Å². The van der Waals surface area contributed by atoms with E-state index in [0.29, 0.717) is 17.1 Å². The molecule has 0 fully saturated rings. The predicted molar refractivity (Wildman–Crippen MR) is 130 cm³/mol. The molecule has 8 heteroatoms. The van der Waals surface area contributed by atoms with Crippen LogP contribution in [0.1, 0.15) is 38.4 Å². The Morgan fingerprint density at radius 2 is 1.82 bits per heavy atom. The lowest BCUT2D eigenvalue weighted by Gasteiger charge is -2.18. The third kappa shape index (κ3) is 4.67. The Labute approximate surface area is 199 Å². The van der Waals surface area contributed by atoms with Crippen molar-refractivity contribution in [3.8, 4) is 0 Å².